The van der Waals surface area contributed by atoms with Crippen LogP contribution in [0, 0.1) is 19.8 Å². The van der Waals surface area contributed by atoms with E-state index in [1.165, 1.54) is 6.20 Å². The van der Waals surface area contributed by atoms with Gasteiger partial charge in [0.25, 0.3) is 5.91 Å². The number of nitrogens with one attached hydrogen (secondary N) is 1. The van der Waals surface area contributed by atoms with E-state index in [9.17, 15) is 13.2 Å². The molecule has 0 saturated carbocycles. The van der Waals surface area contributed by atoms with E-state index in [0.29, 0.717) is 54.2 Å². The molecule has 0 bridgehead atoms. The summed E-state index contributed by atoms with van der Waals surface area (Å²) in [6.45, 7) is 5.05. The summed E-state index contributed by atoms with van der Waals surface area (Å²) in [6.07, 6.45) is 4.62. The summed E-state index contributed by atoms with van der Waals surface area (Å²) in [6, 6.07) is 3.45. The van der Waals surface area contributed by atoms with Gasteiger partial charge in [-0.3, -0.25) is 9.48 Å². The maximum atomic E-state index is 13.1. The SMILES string of the molecule is COc1cc(C)c(S(=O)(=O)N2CCC(CNC(=O)c3cnn(C)c3)CC2)cc1C. The van der Waals surface area contributed by atoms with Crippen molar-refractivity contribution in [3.8, 4) is 5.75 Å². The van der Waals surface area contributed by atoms with Gasteiger partial charge in [0.15, 0.2) is 0 Å². The number of rotatable bonds is 6. The van der Waals surface area contributed by atoms with Gasteiger partial charge in [-0.05, 0) is 55.9 Å². The molecule has 0 aliphatic carbocycles. The molecule has 1 aromatic heterocycles. The van der Waals surface area contributed by atoms with Crippen molar-refractivity contribution in [1.29, 1.82) is 0 Å². The molecule has 1 aromatic carbocycles. The van der Waals surface area contributed by atoms with Gasteiger partial charge in [0, 0.05) is 32.9 Å². The number of aromatic nitrogens is 2. The fourth-order valence-corrected chi connectivity index (χ4v) is 5.39. The lowest BCUT2D eigenvalue weighted by Crippen LogP contribution is -2.41. The van der Waals surface area contributed by atoms with Gasteiger partial charge in [-0.25, -0.2) is 8.42 Å². The second-order valence-corrected chi connectivity index (χ2v) is 9.45. The molecule has 8 nitrogen and oxygen atoms in total. The Bertz CT molecular complexity index is 992. The van der Waals surface area contributed by atoms with Crippen LogP contribution in [0.2, 0.25) is 0 Å². The zero-order valence-electron chi connectivity index (χ0n) is 17.3. The number of methoxy groups -OCH3 is 1. The van der Waals surface area contributed by atoms with Gasteiger partial charge in [0.1, 0.15) is 5.75 Å². The van der Waals surface area contributed by atoms with E-state index >= 15 is 0 Å². The Kier molecular flexibility index (Phi) is 6.28. The number of carbonyl (C=O) groups is 1. The Morgan fingerprint density at radius 3 is 2.52 bits per heavy atom. The van der Waals surface area contributed by atoms with Crippen molar-refractivity contribution in [1.82, 2.24) is 19.4 Å². The van der Waals surface area contributed by atoms with Crippen molar-refractivity contribution in [2.75, 3.05) is 26.7 Å². The summed E-state index contributed by atoms with van der Waals surface area (Å²) in [5, 5.41) is 6.92. The number of hydrogen-bond acceptors (Lipinski definition) is 5. The van der Waals surface area contributed by atoms with Crippen molar-refractivity contribution >= 4 is 15.9 Å². The Hall–Kier alpha value is -2.39. The van der Waals surface area contributed by atoms with Crippen LogP contribution in [0.5, 0.6) is 5.75 Å². The van der Waals surface area contributed by atoms with Crippen LogP contribution < -0.4 is 10.1 Å². The first-order valence-electron chi connectivity index (χ1n) is 9.64. The third kappa shape index (κ3) is 4.62. The maximum absolute atomic E-state index is 13.1. The van der Waals surface area contributed by atoms with Gasteiger partial charge < -0.3 is 10.1 Å². The topological polar surface area (TPSA) is 93.5 Å². The molecule has 0 radical (unpaired) electrons. The molecule has 1 aliphatic rings. The number of piperidine rings is 1. The highest BCUT2D eigenvalue weighted by atomic mass is 32.2. The second kappa shape index (κ2) is 8.54. The number of ether oxygens (including phenoxy) is 1. The number of carbonyl (C=O) groups excluding carboxylic acids is 1. The first-order valence-corrected chi connectivity index (χ1v) is 11.1. The van der Waals surface area contributed by atoms with E-state index < -0.39 is 10.0 Å². The minimum atomic E-state index is -3.56. The van der Waals surface area contributed by atoms with E-state index in [1.54, 1.807) is 48.4 Å². The molecule has 3 rings (SSSR count). The molecular formula is C20H28N4O4S. The maximum Gasteiger partial charge on any atom is 0.254 e. The van der Waals surface area contributed by atoms with Crippen molar-refractivity contribution < 1.29 is 17.9 Å². The van der Waals surface area contributed by atoms with Crippen LogP contribution in [-0.2, 0) is 17.1 Å². The fraction of sp³-hybridized carbons (Fsp3) is 0.500. The molecule has 158 valence electrons. The number of benzene rings is 1. The molecule has 0 unspecified atom stereocenters. The van der Waals surface area contributed by atoms with Crippen LogP contribution in [0.4, 0.5) is 0 Å². The fourth-order valence-electron chi connectivity index (χ4n) is 3.63. The number of amides is 1. The van der Waals surface area contributed by atoms with Crippen LogP contribution in [0.15, 0.2) is 29.4 Å². The Morgan fingerprint density at radius 1 is 1.24 bits per heavy atom. The molecule has 0 atom stereocenters. The average Bonchev–Trinajstić information content (AvgIpc) is 3.14. The van der Waals surface area contributed by atoms with Gasteiger partial charge in [-0.1, -0.05) is 0 Å². The summed E-state index contributed by atoms with van der Waals surface area (Å²) in [7, 11) is -0.216. The Morgan fingerprint density at radius 2 is 1.93 bits per heavy atom. The molecule has 1 saturated heterocycles. The normalized spacial score (nSPS) is 16.0. The predicted octanol–water partition coefficient (Wildman–Crippen LogP) is 1.88. The molecule has 29 heavy (non-hydrogen) atoms. The molecule has 1 fully saturated rings. The number of nitrogens with zero attached hydrogens (tertiary/aromatic N) is 3. The molecule has 1 N–H and O–H groups in total. The van der Waals surface area contributed by atoms with Crippen LogP contribution in [0.25, 0.3) is 0 Å². The summed E-state index contributed by atoms with van der Waals surface area (Å²) in [5.41, 5.74) is 2.00. The summed E-state index contributed by atoms with van der Waals surface area (Å²) in [5.74, 6) is 0.780. The van der Waals surface area contributed by atoms with Gasteiger partial charge in [0.05, 0.1) is 23.8 Å². The minimum absolute atomic E-state index is 0.155. The molecule has 1 amide bonds. The third-order valence-electron chi connectivity index (χ3n) is 5.40. The smallest absolute Gasteiger partial charge is 0.254 e. The lowest BCUT2D eigenvalue weighted by atomic mass is 9.98. The van der Waals surface area contributed by atoms with Crippen LogP contribution in [0.1, 0.15) is 34.3 Å². The largest absolute Gasteiger partial charge is 0.496 e. The zero-order chi connectivity index (χ0) is 21.2. The van der Waals surface area contributed by atoms with Crippen molar-refractivity contribution in [3.05, 3.63) is 41.2 Å². The van der Waals surface area contributed by atoms with Crippen LogP contribution in [0.3, 0.4) is 0 Å². The molecule has 0 spiro atoms. The number of sulfonamides is 1. The van der Waals surface area contributed by atoms with E-state index in [0.717, 1.165) is 5.56 Å². The standard InChI is InChI=1S/C20H28N4O4S/c1-14-10-19(15(2)9-18(14)28-4)29(26,27)24-7-5-16(6-8-24)11-21-20(25)17-12-22-23(3)13-17/h9-10,12-13,16H,5-8,11H2,1-4H3,(H,21,25). The van der Waals surface area contributed by atoms with E-state index in [4.69, 9.17) is 4.74 Å². The van der Waals surface area contributed by atoms with E-state index in [2.05, 4.69) is 10.4 Å². The number of hydrogen-bond donors (Lipinski definition) is 1. The molecule has 2 aromatic rings. The van der Waals surface area contributed by atoms with Crippen molar-refractivity contribution in [2.45, 2.75) is 31.6 Å². The minimum Gasteiger partial charge on any atom is -0.496 e. The van der Waals surface area contributed by atoms with Crippen LogP contribution in [-0.4, -0.2) is 55.2 Å². The molecule has 9 heteroatoms. The second-order valence-electron chi connectivity index (χ2n) is 7.55. The first-order chi connectivity index (χ1) is 13.7. The Labute approximate surface area is 171 Å². The van der Waals surface area contributed by atoms with Gasteiger partial charge in [0.2, 0.25) is 10.0 Å². The third-order valence-corrected chi connectivity index (χ3v) is 7.44. The lowest BCUT2D eigenvalue weighted by Gasteiger charge is -2.31. The van der Waals surface area contributed by atoms with Gasteiger partial charge in [-0.15, -0.1) is 0 Å². The molecule has 2 heterocycles. The average molecular weight is 421 g/mol. The number of aryl methyl sites for hydroxylation is 3. The first kappa shape index (κ1) is 21.3. The highest BCUT2D eigenvalue weighted by Gasteiger charge is 2.31. The predicted molar refractivity (Wildman–Crippen MR) is 109 cm³/mol. The van der Waals surface area contributed by atoms with Crippen molar-refractivity contribution in [3.63, 3.8) is 0 Å². The van der Waals surface area contributed by atoms with E-state index in [1.807, 2.05) is 6.92 Å². The summed E-state index contributed by atoms with van der Waals surface area (Å²) in [4.78, 5) is 12.5. The monoisotopic (exact) mass is 420 g/mol. The highest BCUT2D eigenvalue weighted by molar-refractivity contribution is 7.89. The molecular weight excluding hydrogens is 392 g/mol. The van der Waals surface area contributed by atoms with E-state index in [-0.39, 0.29) is 11.8 Å². The zero-order valence-corrected chi connectivity index (χ0v) is 18.1. The Balaban J connectivity index is 1.60. The van der Waals surface area contributed by atoms with Crippen molar-refractivity contribution in [2.24, 2.45) is 13.0 Å². The van der Waals surface area contributed by atoms with Gasteiger partial charge >= 0.3 is 0 Å². The summed E-state index contributed by atoms with van der Waals surface area (Å²) >= 11 is 0. The van der Waals surface area contributed by atoms with Crippen LogP contribution >= 0.6 is 0 Å². The highest BCUT2D eigenvalue weighted by Crippen LogP contribution is 2.30. The summed E-state index contributed by atoms with van der Waals surface area (Å²) < 4.78 is 34.7. The molecule has 1 aliphatic heterocycles. The quantitative estimate of drug-likeness (QED) is 0.770. The van der Waals surface area contributed by atoms with Gasteiger partial charge in [-0.2, -0.15) is 9.40 Å². The lowest BCUT2D eigenvalue weighted by molar-refractivity contribution is 0.0941.